The number of hydrogen-bond donors (Lipinski definition) is 4. The first-order valence-electron chi connectivity index (χ1n) is 5.08. The van der Waals surface area contributed by atoms with Crippen LogP contribution in [-0.2, 0) is 0 Å². The van der Waals surface area contributed by atoms with Gasteiger partial charge in [0.15, 0.2) is 0 Å². The van der Waals surface area contributed by atoms with Gasteiger partial charge in [-0.05, 0) is 18.2 Å². The van der Waals surface area contributed by atoms with Gasteiger partial charge in [0.2, 0.25) is 0 Å². The van der Waals surface area contributed by atoms with Crippen molar-refractivity contribution in [2.45, 2.75) is 5.54 Å². The van der Waals surface area contributed by atoms with Crippen molar-refractivity contribution in [1.82, 2.24) is 5.32 Å². The van der Waals surface area contributed by atoms with E-state index < -0.39 is 37.1 Å². The maximum absolute atomic E-state index is 13.4. The molecular weight excluding hydrogens is 265 g/mol. The lowest BCUT2D eigenvalue weighted by molar-refractivity contribution is 0.0373. The molecular formula is C11H13ClFNO4. The summed E-state index contributed by atoms with van der Waals surface area (Å²) in [6.07, 6.45) is 0. The van der Waals surface area contributed by atoms with Crippen LogP contribution in [0, 0.1) is 5.82 Å². The minimum atomic E-state index is -1.61. The minimum absolute atomic E-state index is 0.171. The Labute approximate surface area is 108 Å². The van der Waals surface area contributed by atoms with Crippen LogP contribution in [0.2, 0.25) is 5.02 Å². The Morgan fingerprint density at radius 1 is 1.28 bits per heavy atom. The van der Waals surface area contributed by atoms with E-state index in [1.165, 1.54) is 6.07 Å². The fraction of sp³-hybridized carbons (Fsp3) is 0.364. The molecule has 0 aliphatic carbocycles. The number of hydrogen-bond acceptors (Lipinski definition) is 4. The number of carbonyl (C=O) groups excluding carboxylic acids is 1. The van der Waals surface area contributed by atoms with E-state index in [9.17, 15) is 9.18 Å². The van der Waals surface area contributed by atoms with Gasteiger partial charge >= 0.3 is 0 Å². The van der Waals surface area contributed by atoms with Crippen LogP contribution in [0.1, 0.15) is 10.4 Å². The molecule has 5 nitrogen and oxygen atoms in total. The highest BCUT2D eigenvalue weighted by atomic mass is 35.5. The Balaban J connectivity index is 2.97. The van der Waals surface area contributed by atoms with E-state index in [-0.39, 0.29) is 10.6 Å². The van der Waals surface area contributed by atoms with Crippen molar-refractivity contribution >= 4 is 17.5 Å². The van der Waals surface area contributed by atoms with Gasteiger partial charge in [-0.1, -0.05) is 11.6 Å². The van der Waals surface area contributed by atoms with E-state index in [0.717, 1.165) is 12.1 Å². The quantitative estimate of drug-likeness (QED) is 0.606. The molecule has 0 bridgehead atoms. The molecule has 0 heterocycles. The zero-order valence-electron chi connectivity index (χ0n) is 9.36. The van der Waals surface area contributed by atoms with Crippen molar-refractivity contribution in [2.24, 2.45) is 0 Å². The SMILES string of the molecule is O=C(NC(CO)(CO)CO)c1cc(Cl)ccc1F. The first kappa shape index (κ1) is 14.8. The minimum Gasteiger partial charge on any atom is -0.394 e. The van der Waals surface area contributed by atoms with E-state index in [4.69, 9.17) is 26.9 Å². The molecule has 0 fully saturated rings. The predicted molar refractivity (Wildman–Crippen MR) is 62.9 cm³/mol. The molecule has 0 spiro atoms. The molecule has 0 saturated carbocycles. The van der Waals surface area contributed by atoms with E-state index in [0.29, 0.717) is 0 Å². The fourth-order valence-corrected chi connectivity index (χ4v) is 1.42. The average molecular weight is 278 g/mol. The molecule has 18 heavy (non-hydrogen) atoms. The highest BCUT2D eigenvalue weighted by Crippen LogP contribution is 2.15. The third kappa shape index (κ3) is 3.17. The maximum atomic E-state index is 13.4. The summed E-state index contributed by atoms with van der Waals surface area (Å²) in [5.41, 5.74) is -1.94. The van der Waals surface area contributed by atoms with Gasteiger partial charge in [-0.2, -0.15) is 0 Å². The highest BCUT2D eigenvalue weighted by molar-refractivity contribution is 6.31. The summed E-state index contributed by atoms with van der Waals surface area (Å²) in [6, 6.07) is 3.42. The third-order valence-electron chi connectivity index (χ3n) is 2.46. The average Bonchev–Trinajstić information content (AvgIpc) is 2.38. The summed E-state index contributed by atoms with van der Waals surface area (Å²) >= 11 is 5.64. The summed E-state index contributed by atoms with van der Waals surface area (Å²) in [5.74, 6) is -1.67. The fourth-order valence-electron chi connectivity index (χ4n) is 1.25. The molecule has 0 aromatic heterocycles. The summed E-state index contributed by atoms with van der Waals surface area (Å²) in [7, 11) is 0. The lowest BCUT2D eigenvalue weighted by Crippen LogP contribution is -2.57. The first-order chi connectivity index (χ1) is 8.48. The molecule has 0 radical (unpaired) electrons. The van der Waals surface area contributed by atoms with Crippen molar-refractivity contribution in [3.8, 4) is 0 Å². The van der Waals surface area contributed by atoms with E-state index >= 15 is 0 Å². The summed E-state index contributed by atoms with van der Waals surface area (Å²) < 4.78 is 13.4. The number of halogens is 2. The third-order valence-corrected chi connectivity index (χ3v) is 2.69. The van der Waals surface area contributed by atoms with Crippen molar-refractivity contribution in [2.75, 3.05) is 19.8 Å². The monoisotopic (exact) mass is 277 g/mol. The molecule has 1 aromatic carbocycles. The van der Waals surface area contributed by atoms with Gasteiger partial charge in [-0.25, -0.2) is 4.39 Å². The zero-order chi connectivity index (χ0) is 13.8. The zero-order valence-corrected chi connectivity index (χ0v) is 10.1. The van der Waals surface area contributed by atoms with Crippen LogP contribution in [0.25, 0.3) is 0 Å². The lowest BCUT2D eigenvalue weighted by atomic mass is 10.0. The van der Waals surface area contributed by atoms with Gasteiger partial charge in [-0.15, -0.1) is 0 Å². The number of benzene rings is 1. The number of aliphatic hydroxyl groups excluding tert-OH is 3. The van der Waals surface area contributed by atoms with Crippen molar-refractivity contribution in [3.05, 3.63) is 34.6 Å². The summed E-state index contributed by atoms with van der Waals surface area (Å²) in [5, 5.41) is 29.5. The van der Waals surface area contributed by atoms with Crippen LogP contribution >= 0.6 is 11.6 Å². The Kier molecular flexibility index (Phi) is 5.03. The van der Waals surface area contributed by atoms with Gasteiger partial charge in [0, 0.05) is 5.02 Å². The summed E-state index contributed by atoms with van der Waals surface area (Å²) in [6.45, 7) is -2.06. The highest BCUT2D eigenvalue weighted by Gasteiger charge is 2.31. The van der Waals surface area contributed by atoms with Crippen LogP contribution in [0.15, 0.2) is 18.2 Å². The Bertz CT molecular complexity index is 429. The number of rotatable bonds is 5. The topological polar surface area (TPSA) is 89.8 Å². The van der Waals surface area contributed by atoms with Crippen LogP contribution in [-0.4, -0.2) is 46.6 Å². The van der Waals surface area contributed by atoms with E-state index in [1.54, 1.807) is 0 Å². The van der Waals surface area contributed by atoms with Crippen molar-refractivity contribution in [1.29, 1.82) is 0 Å². The maximum Gasteiger partial charge on any atom is 0.254 e. The number of nitrogens with one attached hydrogen (secondary N) is 1. The molecule has 0 unspecified atom stereocenters. The van der Waals surface area contributed by atoms with Gasteiger partial charge in [0.25, 0.3) is 5.91 Å². The molecule has 1 amide bonds. The molecule has 1 rings (SSSR count). The van der Waals surface area contributed by atoms with Crippen LogP contribution in [0.3, 0.4) is 0 Å². The smallest absolute Gasteiger partial charge is 0.254 e. The van der Waals surface area contributed by atoms with E-state index in [1.807, 2.05) is 0 Å². The second-order valence-corrected chi connectivity index (χ2v) is 4.27. The van der Waals surface area contributed by atoms with E-state index in [2.05, 4.69) is 5.32 Å². The van der Waals surface area contributed by atoms with Crippen LogP contribution in [0.5, 0.6) is 0 Å². The van der Waals surface area contributed by atoms with Gasteiger partial charge in [-0.3, -0.25) is 4.79 Å². The second kappa shape index (κ2) is 6.10. The second-order valence-electron chi connectivity index (χ2n) is 3.83. The van der Waals surface area contributed by atoms with Crippen LogP contribution in [0.4, 0.5) is 4.39 Å². The molecule has 0 aliphatic rings. The number of amides is 1. The molecule has 7 heteroatoms. The molecule has 4 N–H and O–H groups in total. The van der Waals surface area contributed by atoms with Gasteiger partial charge in [0.1, 0.15) is 11.4 Å². The normalized spacial score (nSPS) is 11.4. The number of aliphatic hydroxyl groups is 3. The summed E-state index contributed by atoms with van der Waals surface area (Å²) in [4.78, 5) is 11.8. The van der Waals surface area contributed by atoms with Crippen LogP contribution < -0.4 is 5.32 Å². The van der Waals surface area contributed by atoms with Gasteiger partial charge in [0.05, 0.1) is 25.4 Å². The lowest BCUT2D eigenvalue weighted by Gasteiger charge is -2.28. The first-order valence-corrected chi connectivity index (χ1v) is 5.46. The molecule has 0 saturated heterocycles. The molecule has 100 valence electrons. The molecule has 0 atom stereocenters. The largest absolute Gasteiger partial charge is 0.394 e. The van der Waals surface area contributed by atoms with Gasteiger partial charge < -0.3 is 20.6 Å². The number of carbonyl (C=O) groups is 1. The van der Waals surface area contributed by atoms with Crippen molar-refractivity contribution < 1.29 is 24.5 Å². The Hall–Kier alpha value is -1.21. The standard InChI is InChI=1S/C11H13ClFNO4/c12-7-1-2-9(13)8(3-7)10(18)14-11(4-15,5-16)6-17/h1-3,15-17H,4-6H2,(H,14,18). The molecule has 0 aliphatic heterocycles. The molecule has 1 aromatic rings. The Morgan fingerprint density at radius 2 is 1.83 bits per heavy atom. The Morgan fingerprint density at radius 3 is 2.33 bits per heavy atom. The van der Waals surface area contributed by atoms with Crippen molar-refractivity contribution in [3.63, 3.8) is 0 Å². The predicted octanol–water partition coefficient (Wildman–Crippen LogP) is -0.0754.